The highest BCUT2D eigenvalue weighted by atomic mass is 35.5. The molecule has 24 heavy (non-hydrogen) atoms. The van der Waals surface area contributed by atoms with Crippen molar-refractivity contribution < 1.29 is 8.81 Å². The molecule has 0 saturated heterocycles. The van der Waals surface area contributed by atoms with Crippen molar-refractivity contribution in [3.63, 3.8) is 0 Å². The fraction of sp³-hybridized carbons (Fsp3) is 0. The van der Waals surface area contributed by atoms with Gasteiger partial charge in [0, 0.05) is 11.1 Å². The summed E-state index contributed by atoms with van der Waals surface area (Å²) in [5, 5.41) is 10.1. The largest absolute Gasteiger partial charge is 0.457 e. The molecule has 118 valence electrons. The summed E-state index contributed by atoms with van der Waals surface area (Å²) in [4.78, 5) is 0. The van der Waals surface area contributed by atoms with Crippen molar-refractivity contribution in [2.24, 2.45) is 0 Å². The standard InChI is InChI=1S/C19H10Cl2FNO/c20-16-6-3-5-15(19(16)21)18-9-8-13(24-18)10-12(11-23)14-4-1-2-7-17(14)22/h1-10H/b12-10+. The molecule has 0 fully saturated rings. The zero-order valence-electron chi connectivity index (χ0n) is 12.3. The maximum atomic E-state index is 13.8. The first kappa shape index (κ1) is 16.3. The normalized spacial score (nSPS) is 11.3. The SMILES string of the molecule is N#C/C(=C\c1ccc(-c2cccc(Cl)c2Cl)o1)c1ccccc1F. The van der Waals surface area contributed by atoms with E-state index in [0.29, 0.717) is 27.1 Å². The molecule has 3 aromatic rings. The van der Waals surface area contributed by atoms with E-state index >= 15 is 0 Å². The second kappa shape index (κ2) is 6.92. The van der Waals surface area contributed by atoms with Crippen molar-refractivity contribution in [1.29, 1.82) is 5.26 Å². The molecular weight excluding hydrogens is 348 g/mol. The van der Waals surface area contributed by atoms with E-state index in [-0.39, 0.29) is 11.1 Å². The number of benzene rings is 2. The molecular formula is C19H10Cl2FNO. The average molecular weight is 358 g/mol. The molecule has 1 heterocycles. The first-order chi connectivity index (χ1) is 11.6. The van der Waals surface area contributed by atoms with E-state index in [0.717, 1.165) is 0 Å². The van der Waals surface area contributed by atoms with E-state index in [1.54, 1.807) is 48.5 Å². The highest BCUT2D eigenvalue weighted by Crippen LogP contribution is 2.35. The number of rotatable bonds is 3. The summed E-state index contributed by atoms with van der Waals surface area (Å²) >= 11 is 12.2. The Hall–Kier alpha value is -2.54. The van der Waals surface area contributed by atoms with Crippen LogP contribution in [-0.4, -0.2) is 0 Å². The van der Waals surface area contributed by atoms with E-state index in [4.69, 9.17) is 27.6 Å². The smallest absolute Gasteiger partial charge is 0.136 e. The van der Waals surface area contributed by atoms with Gasteiger partial charge in [-0.1, -0.05) is 47.5 Å². The lowest BCUT2D eigenvalue weighted by Crippen LogP contribution is -1.86. The zero-order chi connectivity index (χ0) is 17.1. The number of hydrogen-bond donors (Lipinski definition) is 0. The minimum atomic E-state index is -0.463. The molecule has 0 spiro atoms. The van der Waals surface area contributed by atoms with Crippen LogP contribution in [0.3, 0.4) is 0 Å². The predicted octanol–water partition coefficient (Wildman–Crippen LogP) is 6.46. The summed E-state index contributed by atoms with van der Waals surface area (Å²) in [5.74, 6) is 0.468. The Morgan fingerprint density at radius 2 is 1.83 bits per heavy atom. The minimum absolute atomic E-state index is 0.172. The summed E-state index contributed by atoms with van der Waals surface area (Å²) in [6.45, 7) is 0. The Balaban J connectivity index is 2.00. The highest BCUT2D eigenvalue weighted by molar-refractivity contribution is 6.43. The van der Waals surface area contributed by atoms with Gasteiger partial charge in [-0.3, -0.25) is 0 Å². The van der Waals surface area contributed by atoms with Gasteiger partial charge in [0.25, 0.3) is 0 Å². The molecule has 5 heteroatoms. The first-order valence-corrected chi connectivity index (χ1v) is 7.76. The van der Waals surface area contributed by atoms with Gasteiger partial charge in [0.15, 0.2) is 0 Å². The number of nitrogens with zero attached hydrogens (tertiary/aromatic N) is 1. The molecule has 0 atom stereocenters. The van der Waals surface area contributed by atoms with E-state index in [1.807, 2.05) is 6.07 Å². The molecule has 0 bridgehead atoms. The van der Waals surface area contributed by atoms with E-state index in [1.165, 1.54) is 12.1 Å². The molecule has 0 amide bonds. The topological polar surface area (TPSA) is 36.9 Å². The van der Waals surface area contributed by atoms with Gasteiger partial charge in [-0.15, -0.1) is 0 Å². The van der Waals surface area contributed by atoms with Crippen molar-refractivity contribution in [3.05, 3.63) is 81.8 Å². The van der Waals surface area contributed by atoms with Crippen molar-refractivity contribution in [2.45, 2.75) is 0 Å². The predicted molar refractivity (Wildman–Crippen MR) is 94.0 cm³/mol. The number of nitriles is 1. The monoisotopic (exact) mass is 357 g/mol. The lowest BCUT2D eigenvalue weighted by atomic mass is 10.1. The summed E-state index contributed by atoms with van der Waals surface area (Å²) in [6, 6.07) is 16.7. The Morgan fingerprint density at radius 1 is 1.04 bits per heavy atom. The van der Waals surface area contributed by atoms with Crippen molar-refractivity contribution in [1.82, 2.24) is 0 Å². The Kier molecular flexibility index (Phi) is 4.71. The molecule has 3 rings (SSSR count). The van der Waals surface area contributed by atoms with Crippen molar-refractivity contribution >= 4 is 34.9 Å². The van der Waals surface area contributed by atoms with Gasteiger partial charge in [0.1, 0.15) is 17.3 Å². The lowest BCUT2D eigenvalue weighted by Gasteiger charge is -2.02. The molecule has 0 N–H and O–H groups in total. The molecule has 0 radical (unpaired) electrons. The number of furan rings is 1. The molecule has 1 aromatic heterocycles. The number of hydrogen-bond acceptors (Lipinski definition) is 2. The number of halogens is 3. The van der Waals surface area contributed by atoms with Crippen LogP contribution in [0.15, 0.2) is 59.0 Å². The lowest BCUT2D eigenvalue weighted by molar-refractivity contribution is 0.572. The quantitative estimate of drug-likeness (QED) is 0.504. The maximum Gasteiger partial charge on any atom is 0.136 e. The molecule has 2 aromatic carbocycles. The molecule has 0 unspecified atom stereocenters. The van der Waals surface area contributed by atoms with Crippen LogP contribution in [0.1, 0.15) is 11.3 Å². The summed E-state index contributed by atoms with van der Waals surface area (Å²) in [7, 11) is 0. The van der Waals surface area contributed by atoms with Crippen LogP contribution >= 0.6 is 23.2 Å². The van der Waals surface area contributed by atoms with Crippen LogP contribution in [0.5, 0.6) is 0 Å². The molecule has 0 aliphatic rings. The Labute approximate surface area is 148 Å². The summed E-state index contributed by atoms with van der Waals surface area (Å²) in [5.41, 5.74) is 1.04. The average Bonchev–Trinajstić information content (AvgIpc) is 3.04. The second-order valence-corrected chi connectivity index (χ2v) is 5.74. The van der Waals surface area contributed by atoms with Crippen LogP contribution in [-0.2, 0) is 0 Å². The zero-order valence-corrected chi connectivity index (χ0v) is 13.8. The van der Waals surface area contributed by atoms with Gasteiger partial charge in [-0.2, -0.15) is 5.26 Å². The van der Waals surface area contributed by atoms with Crippen LogP contribution < -0.4 is 0 Å². The summed E-state index contributed by atoms with van der Waals surface area (Å²) in [6.07, 6.45) is 1.49. The molecule has 0 saturated carbocycles. The fourth-order valence-corrected chi connectivity index (χ4v) is 2.66. The Bertz CT molecular complexity index is 969. The van der Waals surface area contributed by atoms with Gasteiger partial charge in [0.05, 0.1) is 21.7 Å². The van der Waals surface area contributed by atoms with E-state index in [9.17, 15) is 9.65 Å². The first-order valence-electron chi connectivity index (χ1n) is 7.01. The Morgan fingerprint density at radius 3 is 2.58 bits per heavy atom. The third-order valence-corrected chi connectivity index (χ3v) is 4.23. The van der Waals surface area contributed by atoms with E-state index in [2.05, 4.69) is 0 Å². The van der Waals surface area contributed by atoms with Gasteiger partial charge in [-0.05, 0) is 36.4 Å². The van der Waals surface area contributed by atoms with Crippen LogP contribution in [0.25, 0.3) is 23.0 Å². The van der Waals surface area contributed by atoms with Gasteiger partial charge in [0.2, 0.25) is 0 Å². The van der Waals surface area contributed by atoms with Crippen LogP contribution in [0.4, 0.5) is 4.39 Å². The molecule has 2 nitrogen and oxygen atoms in total. The third-order valence-electron chi connectivity index (χ3n) is 3.41. The fourth-order valence-electron chi connectivity index (χ4n) is 2.26. The molecule has 0 aliphatic carbocycles. The maximum absolute atomic E-state index is 13.8. The van der Waals surface area contributed by atoms with Gasteiger partial charge < -0.3 is 4.42 Å². The summed E-state index contributed by atoms with van der Waals surface area (Å²) < 4.78 is 19.5. The minimum Gasteiger partial charge on any atom is -0.457 e. The van der Waals surface area contributed by atoms with Crippen LogP contribution in [0.2, 0.25) is 10.0 Å². The number of allylic oxidation sites excluding steroid dienone is 1. The van der Waals surface area contributed by atoms with E-state index < -0.39 is 5.82 Å². The van der Waals surface area contributed by atoms with Crippen molar-refractivity contribution in [2.75, 3.05) is 0 Å². The molecule has 0 aliphatic heterocycles. The highest BCUT2D eigenvalue weighted by Gasteiger charge is 2.12. The third kappa shape index (κ3) is 3.21. The second-order valence-electron chi connectivity index (χ2n) is 4.95. The van der Waals surface area contributed by atoms with Gasteiger partial charge >= 0.3 is 0 Å². The van der Waals surface area contributed by atoms with Gasteiger partial charge in [-0.25, -0.2) is 4.39 Å². The van der Waals surface area contributed by atoms with Crippen molar-refractivity contribution in [3.8, 4) is 17.4 Å². The van der Waals surface area contributed by atoms with Crippen LogP contribution in [0, 0.1) is 17.1 Å².